The second-order valence-corrected chi connectivity index (χ2v) is 12.5. The number of nitrogens with one attached hydrogen (secondary N) is 1. The summed E-state index contributed by atoms with van der Waals surface area (Å²) in [5.41, 5.74) is 2.77. The maximum Gasteiger partial charge on any atom is 0.333 e. The van der Waals surface area contributed by atoms with Crippen LogP contribution < -0.4 is 15.0 Å². The Hall–Kier alpha value is -5.78. The number of hydrogen-bond acceptors (Lipinski definition) is 6. The number of nitrogens with zero attached hydrogens (tertiary/aromatic N) is 5. The van der Waals surface area contributed by atoms with Gasteiger partial charge in [0.15, 0.2) is 11.6 Å². The normalized spacial score (nSPS) is 17.0. The molecule has 0 aromatic heterocycles. The van der Waals surface area contributed by atoms with Crippen LogP contribution >= 0.6 is 0 Å². The van der Waals surface area contributed by atoms with E-state index in [0.29, 0.717) is 61.5 Å². The summed E-state index contributed by atoms with van der Waals surface area (Å²) in [6, 6.07) is 27.5. The second-order valence-electron chi connectivity index (χ2n) is 12.5. The number of imide groups is 1. The first kappa shape index (κ1) is 34.1. The van der Waals surface area contributed by atoms with Crippen LogP contribution in [0.15, 0.2) is 91.0 Å². The number of halogens is 2. The molecule has 1 N–H and O–H groups in total. The highest BCUT2D eigenvalue weighted by atomic mass is 19.2. The fourth-order valence-electron chi connectivity index (χ4n) is 6.91. The maximum atomic E-state index is 14.6. The van der Waals surface area contributed by atoms with Crippen molar-refractivity contribution in [3.63, 3.8) is 0 Å². The van der Waals surface area contributed by atoms with Crippen molar-refractivity contribution in [3.05, 3.63) is 130 Å². The zero-order chi connectivity index (χ0) is 35.3. The number of nitriles is 2. The number of carbonyl (C=O) groups excluding carboxylic acids is 2. The molecule has 1 fully saturated rings. The zero-order valence-corrected chi connectivity index (χ0v) is 27.6. The van der Waals surface area contributed by atoms with Crippen molar-refractivity contribution in [2.24, 2.45) is 0 Å². The van der Waals surface area contributed by atoms with E-state index in [1.165, 1.54) is 11.0 Å². The average molecular weight is 675 g/mol. The Morgan fingerprint density at radius 2 is 1.68 bits per heavy atom. The number of para-hydroxylation sites is 1. The van der Waals surface area contributed by atoms with Crippen molar-refractivity contribution >= 4 is 17.7 Å². The molecule has 0 spiro atoms. The quantitative estimate of drug-likeness (QED) is 0.191. The molecule has 0 aliphatic carbocycles. The number of hydrogen-bond donors (Lipinski definition) is 1. The Morgan fingerprint density at radius 3 is 2.38 bits per heavy atom. The van der Waals surface area contributed by atoms with Crippen LogP contribution in [-0.2, 0) is 12.0 Å². The molecule has 2 heterocycles. The van der Waals surface area contributed by atoms with Gasteiger partial charge in [0, 0.05) is 12.1 Å². The Balaban J connectivity index is 1.17. The van der Waals surface area contributed by atoms with Crippen LogP contribution in [0.3, 0.4) is 0 Å². The third-order valence-corrected chi connectivity index (χ3v) is 9.61. The van der Waals surface area contributed by atoms with Crippen LogP contribution in [0.5, 0.6) is 5.75 Å². The summed E-state index contributed by atoms with van der Waals surface area (Å²) >= 11 is 0. The van der Waals surface area contributed by atoms with E-state index in [1.54, 1.807) is 55.6 Å². The van der Waals surface area contributed by atoms with E-state index in [1.807, 2.05) is 24.3 Å². The van der Waals surface area contributed by atoms with Crippen LogP contribution in [-0.4, -0.2) is 55.2 Å². The largest absolute Gasteiger partial charge is 0.497 e. The highest BCUT2D eigenvalue weighted by molar-refractivity contribution is 6.05. The van der Waals surface area contributed by atoms with Crippen LogP contribution in [0, 0.1) is 34.3 Å². The number of benzene rings is 4. The molecule has 11 heteroatoms. The summed E-state index contributed by atoms with van der Waals surface area (Å²) in [5.74, 6) is -1.44. The fraction of sp³-hybridized carbons (Fsp3) is 0.282. The first-order valence-corrected chi connectivity index (χ1v) is 16.5. The van der Waals surface area contributed by atoms with E-state index < -0.39 is 35.2 Å². The van der Waals surface area contributed by atoms with Crippen molar-refractivity contribution in [2.45, 2.75) is 37.3 Å². The molecule has 2 aliphatic heterocycles. The molecule has 0 bridgehead atoms. The molecule has 0 radical (unpaired) electrons. The molecule has 254 valence electrons. The Bertz CT molecular complexity index is 1960. The van der Waals surface area contributed by atoms with Gasteiger partial charge in [0.25, 0.3) is 0 Å². The summed E-state index contributed by atoms with van der Waals surface area (Å²) < 4.78 is 33.8. The van der Waals surface area contributed by atoms with Gasteiger partial charge in [-0.2, -0.15) is 10.5 Å². The molecule has 4 amide bonds. The van der Waals surface area contributed by atoms with Crippen LogP contribution in [0.2, 0.25) is 0 Å². The lowest BCUT2D eigenvalue weighted by atomic mass is 9.72. The van der Waals surface area contributed by atoms with Crippen molar-refractivity contribution in [2.75, 3.05) is 38.2 Å². The average Bonchev–Trinajstić information content (AvgIpc) is 3.15. The SMILES string of the molecule is COc1ccc(CN2C(=O)N(C(=O)NCCCN3CCC(C#N)(c4ccccc4C#N)CC3)C(c3ccc(F)c(F)c3)c3ccccc32)cc1. The topological polar surface area (TPSA) is 113 Å². The first-order chi connectivity index (χ1) is 24.3. The lowest BCUT2D eigenvalue weighted by Crippen LogP contribution is -2.55. The van der Waals surface area contributed by atoms with E-state index in [-0.39, 0.29) is 18.7 Å². The molecule has 50 heavy (non-hydrogen) atoms. The van der Waals surface area contributed by atoms with E-state index in [9.17, 15) is 28.9 Å². The number of piperidine rings is 1. The minimum Gasteiger partial charge on any atom is -0.497 e. The molecule has 1 unspecified atom stereocenters. The van der Waals surface area contributed by atoms with Crippen LogP contribution in [0.4, 0.5) is 24.1 Å². The maximum absolute atomic E-state index is 14.6. The Labute approximate surface area is 289 Å². The standard InChI is InChI=1S/C39H36F2N6O3/c1-50-30-14-11-27(12-15-30)25-46-35-10-5-3-8-31(35)36(28-13-16-33(40)34(41)23-28)47(38(46)49)37(48)44-19-6-20-45-21-17-39(26-43,18-22-45)32-9-4-2-7-29(32)24-42/h2-5,7-16,23,36H,6,17-22,25H2,1H3,(H,44,48). The van der Waals surface area contributed by atoms with Crippen LogP contribution in [0.1, 0.15) is 53.1 Å². The highest BCUT2D eigenvalue weighted by Crippen LogP contribution is 2.42. The van der Waals surface area contributed by atoms with Gasteiger partial charge in [-0.15, -0.1) is 0 Å². The number of ether oxygens (including phenoxy) is 1. The predicted octanol–water partition coefficient (Wildman–Crippen LogP) is 7.03. The van der Waals surface area contributed by atoms with Gasteiger partial charge in [-0.05, 0) is 92.0 Å². The number of rotatable bonds is 9. The fourth-order valence-corrected chi connectivity index (χ4v) is 6.91. The predicted molar refractivity (Wildman–Crippen MR) is 183 cm³/mol. The van der Waals surface area contributed by atoms with Crippen molar-refractivity contribution in [3.8, 4) is 17.9 Å². The molecular weight excluding hydrogens is 638 g/mol. The van der Waals surface area contributed by atoms with Gasteiger partial charge in [-0.25, -0.2) is 23.3 Å². The molecule has 9 nitrogen and oxygen atoms in total. The second kappa shape index (κ2) is 14.8. The minimum atomic E-state index is -1.08. The molecular formula is C39H36F2N6O3. The van der Waals surface area contributed by atoms with E-state index in [2.05, 4.69) is 22.4 Å². The Morgan fingerprint density at radius 1 is 0.960 bits per heavy atom. The lowest BCUT2D eigenvalue weighted by Gasteiger charge is -2.41. The van der Waals surface area contributed by atoms with Crippen LogP contribution in [0.25, 0.3) is 0 Å². The minimum absolute atomic E-state index is 0.159. The summed E-state index contributed by atoms with van der Waals surface area (Å²) in [4.78, 5) is 33.0. The molecule has 4 aromatic carbocycles. The summed E-state index contributed by atoms with van der Waals surface area (Å²) in [5, 5.41) is 22.6. The van der Waals surface area contributed by atoms with Crippen molar-refractivity contribution in [1.82, 2.24) is 15.1 Å². The first-order valence-electron chi connectivity index (χ1n) is 16.5. The lowest BCUT2D eigenvalue weighted by molar-refractivity contribution is 0.172. The number of anilines is 1. The van der Waals surface area contributed by atoms with Gasteiger partial charge >= 0.3 is 12.1 Å². The summed E-state index contributed by atoms with van der Waals surface area (Å²) in [7, 11) is 1.57. The number of likely N-dealkylation sites (tertiary alicyclic amines) is 1. The van der Waals surface area contributed by atoms with Gasteiger partial charge in [-0.3, -0.25) is 4.90 Å². The molecule has 4 aromatic rings. The highest BCUT2D eigenvalue weighted by Gasteiger charge is 2.42. The number of urea groups is 2. The number of carbonyl (C=O) groups is 2. The summed E-state index contributed by atoms with van der Waals surface area (Å²) in [6.45, 7) is 2.37. The summed E-state index contributed by atoms with van der Waals surface area (Å²) in [6.07, 6.45) is 1.73. The third kappa shape index (κ3) is 6.73. The van der Waals surface area contributed by atoms with E-state index in [0.717, 1.165) is 28.2 Å². The van der Waals surface area contributed by atoms with Gasteiger partial charge < -0.3 is 15.0 Å². The molecule has 1 atom stereocenters. The molecule has 0 saturated carbocycles. The van der Waals surface area contributed by atoms with Gasteiger partial charge in [0.05, 0.1) is 48.5 Å². The van der Waals surface area contributed by atoms with Gasteiger partial charge in [0.1, 0.15) is 5.75 Å². The number of fused-ring (bicyclic) bond motifs is 1. The number of amides is 4. The molecule has 6 rings (SSSR count). The van der Waals surface area contributed by atoms with Gasteiger partial charge in [0.2, 0.25) is 0 Å². The van der Waals surface area contributed by atoms with Crippen molar-refractivity contribution in [1.29, 1.82) is 10.5 Å². The molecule has 2 aliphatic rings. The van der Waals surface area contributed by atoms with E-state index >= 15 is 0 Å². The third-order valence-electron chi connectivity index (χ3n) is 9.61. The Kier molecular flexibility index (Phi) is 10.1. The van der Waals surface area contributed by atoms with Gasteiger partial charge in [-0.1, -0.05) is 54.6 Å². The van der Waals surface area contributed by atoms with Crippen molar-refractivity contribution < 1.29 is 23.1 Å². The zero-order valence-electron chi connectivity index (χ0n) is 27.6. The molecule has 1 saturated heterocycles. The smallest absolute Gasteiger partial charge is 0.333 e. The van der Waals surface area contributed by atoms with E-state index in [4.69, 9.17) is 4.74 Å². The monoisotopic (exact) mass is 674 g/mol. The number of methoxy groups -OCH3 is 1.